The molecule has 1 aliphatic heterocycles. The summed E-state index contributed by atoms with van der Waals surface area (Å²) in [6.45, 7) is 5.16. The van der Waals surface area contributed by atoms with Crippen LogP contribution in [0.25, 0.3) is 0 Å². The highest BCUT2D eigenvalue weighted by atomic mass is 32.2. The average molecular weight is 464 g/mol. The van der Waals surface area contributed by atoms with E-state index in [0.717, 1.165) is 11.3 Å². The smallest absolute Gasteiger partial charge is 0.269 e. The molecule has 166 valence electrons. The van der Waals surface area contributed by atoms with E-state index in [0.29, 0.717) is 30.6 Å². The number of anilines is 1. The number of carbonyl (C=O) groups excluding carboxylic acids is 1. The normalized spacial score (nSPS) is 19.7. The first-order valence-electron chi connectivity index (χ1n) is 9.92. The van der Waals surface area contributed by atoms with Crippen molar-refractivity contribution in [1.29, 1.82) is 0 Å². The molecule has 0 saturated carbocycles. The van der Waals surface area contributed by atoms with Gasteiger partial charge < -0.3 is 5.32 Å². The fourth-order valence-electron chi connectivity index (χ4n) is 3.67. The molecule has 8 nitrogen and oxygen atoms in total. The summed E-state index contributed by atoms with van der Waals surface area (Å²) in [6.07, 6.45) is 1.02. The summed E-state index contributed by atoms with van der Waals surface area (Å²) < 4.78 is 27.4. The van der Waals surface area contributed by atoms with Gasteiger partial charge in [0.05, 0.1) is 15.6 Å². The number of benzene rings is 2. The van der Waals surface area contributed by atoms with E-state index >= 15 is 0 Å². The minimum Gasteiger partial charge on any atom is -0.325 e. The van der Waals surface area contributed by atoms with Gasteiger partial charge >= 0.3 is 0 Å². The molecule has 1 saturated heterocycles. The number of hydrogen-bond acceptors (Lipinski definition) is 6. The summed E-state index contributed by atoms with van der Waals surface area (Å²) in [6, 6.07) is 12.2. The second-order valence-corrected chi connectivity index (χ2v) is 10.9. The van der Waals surface area contributed by atoms with Crippen LogP contribution < -0.4 is 5.32 Å². The minimum absolute atomic E-state index is 0.00249. The van der Waals surface area contributed by atoms with Gasteiger partial charge in [0.2, 0.25) is 15.9 Å². The highest BCUT2D eigenvalue weighted by molar-refractivity contribution is 8.00. The van der Waals surface area contributed by atoms with Crippen molar-refractivity contribution >= 4 is 39.1 Å². The number of nitrogens with one attached hydrogen (secondary N) is 1. The molecule has 1 amide bonds. The van der Waals surface area contributed by atoms with Crippen molar-refractivity contribution in [3.63, 3.8) is 0 Å². The highest BCUT2D eigenvalue weighted by Crippen LogP contribution is 2.27. The number of nitro benzene ring substituents is 1. The van der Waals surface area contributed by atoms with Gasteiger partial charge in [0.15, 0.2) is 0 Å². The van der Waals surface area contributed by atoms with Crippen molar-refractivity contribution in [2.24, 2.45) is 11.8 Å². The van der Waals surface area contributed by atoms with Crippen LogP contribution in [0.5, 0.6) is 0 Å². The predicted octanol–water partition coefficient (Wildman–Crippen LogP) is 3.99. The number of nitrogens with zero attached hydrogens (tertiary/aromatic N) is 2. The van der Waals surface area contributed by atoms with E-state index in [1.54, 1.807) is 28.6 Å². The number of thioether (sulfide) groups is 1. The van der Waals surface area contributed by atoms with Crippen LogP contribution in [0.1, 0.15) is 20.3 Å². The highest BCUT2D eigenvalue weighted by Gasteiger charge is 2.31. The first kappa shape index (κ1) is 23.2. The SMILES string of the molecule is CC1CC(C)CN(S(=O)(=O)c2ccc(NC(=O)CSc3ccc([N+](=O)[O-])cc3)cc2)C1. The van der Waals surface area contributed by atoms with E-state index in [9.17, 15) is 23.3 Å². The third kappa shape index (κ3) is 6.05. The van der Waals surface area contributed by atoms with Gasteiger partial charge in [-0.3, -0.25) is 14.9 Å². The van der Waals surface area contributed by atoms with Gasteiger partial charge in [0.25, 0.3) is 5.69 Å². The van der Waals surface area contributed by atoms with Crippen molar-refractivity contribution in [1.82, 2.24) is 4.31 Å². The van der Waals surface area contributed by atoms with E-state index in [1.807, 2.05) is 0 Å². The Bertz CT molecular complexity index is 1030. The Balaban J connectivity index is 1.57. The Labute approximate surface area is 186 Å². The topological polar surface area (TPSA) is 110 Å². The summed E-state index contributed by atoms with van der Waals surface area (Å²) in [4.78, 5) is 23.4. The van der Waals surface area contributed by atoms with Crippen molar-refractivity contribution in [3.8, 4) is 0 Å². The molecule has 2 unspecified atom stereocenters. The lowest BCUT2D eigenvalue weighted by Crippen LogP contribution is -2.42. The van der Waals surface area contributed by atoms with Gasteiger partial charge in [-0.1, -0.05) is 13.8 Å². The van der Waals surface area contributed by atoms with Gasteiger partial charge in [-0.05, 0) is 54.7 Å². The van der Waals surface area contributed by atoms with E-state index in [4.69, 9.17) is 0 Å². The molecule has 1 heterocycles. The summed E-state index contributed by atoms with van der Waals surface area (Å²) in [7, 11) is -3.56. The molecule has 31 heavy (non-hydrogen) atoms. The lowest BCUT2D eigenvalue weighted by Gasteiger charge is -2.34. The van der Waals surface area contributed by atoms with Crippen LogP contribution in [-0.2, 0) is 14.8 Å². The largest absolute Gasteiger partial charge is 0.325 e. The lowest BCUT2D eigenvalue weighted by molar-refractivity contribution is -0.384. The van der Waals surface area contributed by atoms with Gasteiger partial charge in [-0.2, -0.15) is 4.31 Å². The Morgan fingerprint density at radius 3 is 2.23 bits per heavy atom. The summed E-state index contributed by atoms with van der Waals surface area (Å²) in [5, 5.41) is 13.4. The van der Waals surface area contributed by atoms with Crippen LogP contribution in [0, 0.1) is 22.0 Å². The first-order chi connectivity index (χ1) is 14.6. The predicted molar refractivity (Wildman–Crippen MR) is 121 cm³/mol. The Morgan fingerprint density at radius 1 is 1.10 bits per heavy atom. The molecule has 2 aromatic rings. The summed E-state index contributed by atoms with van der Waals surface area (Å²) >= 11 is 1.26. The number of amides is 1. The molecule has 2 aromatic carbocycles. The van der Waals surface area contributed by atoms with E-state index in [2.05, 4.69) is 19.2 Å². The molecular weight excluding hydrogens is 438 g/mol. The zero-order chi connectivity index (χ0) is 22.6. The number of piperidine rings is 1. The Hall–Kier alpha value is -2.43. The van der Waals surface area contributed by atoms with E-state index in [1.165, 1.54) is 36.0 Å². The fraction of sp³-hybridized carbons (Fsp3) is 0.381. The monoisotopic (exact) mass is 463 g/mol. The maximum absolute atomic E-state index is 12.9. The number of rotatable bonds is 7. The molecule has 1 fully saturated rings. The zero-order valence-corrected chi connectivity index (χ0v) is 19.0. The van der Waals surface area contributed by atoms with Crippen molar-refractivity contribution in [2.75, 3.05) is 24.2 Å². The molecule has 1 aliphatic rings. The molecule has 0 bridgehead atoms. The molecule has 2 atom stereocenters. The Morgan fingerprint density at radius 2 is 1.68 bits per heavy atom. The second-order valence-electron chi connectivity index (χ2n) is 7.88. The number of carbonyl (C=O) groups is 1. The van der Waals surface area contributed by atoms with Crippen molar-refractivity contribution in [2.45, 2.75) is 30.1 Å². The van der Waals surface area contributed by atoms with Crippen LogP contribution >= 0.6 is 11.8 Å². The van der Waals surface area contributed by atoms with E-state index in [-0.39, 0.29) is 22.2 Å². The van der Waals surface area contributed by atoms with Crippen LogP contribution in [-0.4, -0.2) is 42.4 Å². The molecular formula is C21H25N3O5S2. The summed E-state index contributed by atoms with van der Waals surface area (Å²) in [5.41, 5.74) is 0.506. The van der Waals surface area contributed by atoms with Crippen molar-refractivity contribution in [3.05, 3.63) is 58.6 Å². The lowest BCUT2D eigenvalue weighted by atomic mass is 9.94. The van der Waals surface area contributed by atoms with Crippen LogP contribution in [0.2, 0.25) is 0 Å². The molecule has 0 spiro atoms. The molecule has 3 rings (SSSR count). The average Bonchev–Trinajstić information content (AvgIpc) is 2.72. The third-order valence-electron chi connectivity index (χ3n) is 5.03. The van der Waals surface area contributed by atoms with Crippen molar-refractivity contribution < 1.29 is 18.1 Å². The number of non-ortho nitro benzene ring substituents is 1. The molecule has 0 aliphatic carbocycles. The van der Waals surface area contributed by atoms with Crippen LogP contribution in [0.15, 0.2) is 58.3 Å². The second kappa shape index (κ2) is 9.80. The number of hydrogen-bond donors (Lipinski definition) is 1. The van der Waals surface area contributed by atoms with Crippen LogP contribution in [0.3, 0.4) is 0 Å². The third-order valence-corrected chi connectivity index (χ3v) is 7.89. The first-order valence-corrected chi connectivity index (χ1v) is 12.3. The minimum atomic E-state index is -3.56. The molecule has 10 heteroatoms. The van der Waals surface area contributed by atoms with E-state index < -0.39 is 14.9 Å². The summed E-state index contributed by atoms with van der Waals surface area (Å²) in [5.74, 6) is 0.523. The Kier molecular flexibility index (Phi) is 7.34. The van der Waals surface area contributed by atoms with Gasteiger partial charge in [0, 0.05) is 35.8 Å². The maximum atomic E-state index is 12.9. The maximum Gasteiger partial charge on any atom is 0.269 e. The fourth-order valence-corrected chi connectivity index (χ4v) is 6.05. The number of nitro groups is 1. The van der Waals surface area contributed by atoms with Gasteiger partial charge in [0.1, 0.15) is 0 Å². The quantitative estimate of drug-likeness (QED) is 0.378. The molecule has 0 aromatic heterocycles. The van der Waals surface area contributed by atoms with Gasteiger partial charge in [-0.15, -0.1) is 11.8 Å². The van der Waals surface area contributed by atoms with Gasteiger partial charge in [-0.25, -0.2) is 8.42 Å². The zero-order valence-electron chi connectivity index (χ0n) is 17.4. The molecule has 1 N–H and O–H groups in total. The van der Waals surface area contributed by atoms with Crippen LogP contribution in [0.4, 0.5) is 11.4 Å². The number of sulfonamides is 1. The standard InChI is InChI=1S/C21H25N3O5S2/c1-15-11-16(2)13-23(12-15)31(28,29)20-9-3-17(4-10-20)22-21(25)14-30-19-7-5-18(6-8-19)24(26)27/h3-10,15-16H,11-14H2,1-2H3,(H,22,25). The molecule has 0 radical (unpaired) electrons.